The highest BCUT2D eigenvalue weighted by atomic mass is 16.7. The fourth-order valence-corrected chi connectivity index (χ4v) is 4.29. The maximum Gasteiger partial charge on any atom is 0.305 e. The summed E-state index contributed by atoms with van der Waals surface area (Å²) in [4.78, 5) is 11.2. The highest BCUT2D eigenvalue weighted by Crippen LogP contribution is 2.48. The Kier molecular flexibility index (Phi) is 10.2. The predicted molar refractivity (Wildman–Crippen MR) is 110 cm³/mol. The van der Waals surface area contributed by atoms with Crippen molar-refractivity contribution in [1.82, 2.24) is 0 Å². The minimum absolute atomic E-state index is 0.154. The fourth-order valence-electron chi connectivity index (χ4n) is 4.29. The third-order valence-corrected chi connectivity index (χ3v) is 5.90. The highest BCUT2D eigenvalue weighted by molar-refractivity contribution is 5.69. The first-order valence-electron chi connectivity index (χ1n) is 11.0. The summed E-state index contributed by atoms with van der Waals surface area (Å²) in [6.45, 7) is 3.50. The van der Waals surface area contributed by atoms with Crippen molar-refractivity contribution in [2.45, 2.75) is 83.0 Å². The summed E-state index contributed by atoms with van der Waals surface area (Å²) in [6.07, 6.45) is 17.3. The van der Waals surface area contributed by atoms with E-state index in [9.17, 15) is 9.90 Å². The van der Waals surface area contributed by atoms with Crippen LogP contribution in [-0.2, 0) is 19.0 Å². The SMILES string of the molecule is CCCCC[C@H](O)/C=C/[C@H]1CCC2(OCCO2)[C@@H]1C/C=C\CCCC(=O)OC. The molecule has 2 fully saturated rings. The normalized spacial score (nSPS) is 25.2. The van der Waals surface area contributed by atoms with Gasteiger partial charge in [-0.25, -0.2) is 0 Å². The molecule has 1 saturated carbocycles. The van der Waals surface area contributed by atoms with Crippen LogP contribution in [-0.4, -0.2) is 43.3 Å². The molecule has 0 bridgehead atoms. The number of rotatable bonds is 12. The average Bonchev–Trinajstić information content (AvgIpc) is 3.31. The number of hydrogen-bond donors (Lipinski definition) is 1. The Balaban J connectivity index is 1.86. The Labute approximate surface area is 170 Å². The Morgan fingerprint density at radius 3 is 2.75 bits per heavy atom. The number of allylic oxidation sites excluding steroid dienone is 3. The van der Waals surface area contributed by atoms with Gasteiger partial charge in [-0.1, -0.05) is 50.5 Å². The van der Waals surface area contributed by atoms with Crippen LogP contribution in [0.4, 0.5) is 0 Å². The van der Waals surface area contributed by atoms with E-state index in [0.717, 1.165) is 44.9 Å². The summed E-state index contributed by atoms with van der Waals surface area (Å²) in [7, 11) is 1.42. The number of aliphatic hydroxyl groups is 1. The number of methoxy groups -OCH3 is 1. The monoisotopic (exact) mass is 394 g/mol. The quantitative estimate of drug-likeness (QED) is 0.299. The smallest absolute Gasteiger partial charge is 0.305 e. The summed E-state index contributed by atoms with van der Waals surface area (Å²) in [5.41, 5.74) is 0. The van der Waals surface area contributed by atoms with Gasteiger partial charge in [-0.2, -0.15) is 0 Å². The van der Waals surface area contributed by atoms with E-state index in [1.54, 1.807) is 0 Å². The van der Waals surface area contributed by atoms with Crippen LogP contribution in [0.5, 0.6) is 0 Å². The van der Waals surface area contributed by atoms with Crippen LogP contribution in [0, 0.1) is 11.8 Å². The van der Waals surface area contributed by atoms with E-state index in [0.29, 0.717) is 25.6 Å². The number of unbranched alkanes of at least 4 members (excludes halogenated alkanes) is 3. The summed E-state index contributed by atoms with van der Waals surface area (Å²) >= 11 is 0. The number of esters is 1. The molecule has 1 aliphatic carbocycles. The Morgan fingerprint density at radius 1 is 1.25 bits per heavy atom. The van der Waals surface area contributed by atoms with Crippen molar-refractivity contribution in [2.24, 2.45) is 11.8 Å². The molecular weight excluding hydrogens is 356 g/mol. The first kappa shape index (κ1) is 23.1. The lowest BCUT2D eigenvalue weighted by atomic mass is 9.88. The number of ether oxygens (including phenoxy) is 3. The zero-order valence-electron chi connectivity index (χ0n) is 17.6. The molecule has 1 spiro atoms. The molecule has 0 unspecified atom stereocenters. The second-order valence-electron chi connectivity index (χ2n) is 7.94. The van der Waals surface area contributed by atoms with Crippen LogP contribution in [0.3, 0.4) is 0 Å². The van der Waals surface area contributed by atoms with Gasteiger partial charge in [-0.15, -0.1) is 0 Å². The maximum atomic E-state index is 11.2. The first-order chi connectivity index (χ1) is 13.6. The van der Waals surface area contributed by atoms with Gasteiger partial charge in [-0.3, -0.25) is 4.79 Å². The van der Waals surface area contributed by atoms with E-state index in [1.165, 1.54) is 20.0 Å². The van der Waals surface area contributed by atoms with E-state index < -0.39 is 5.79 Å². The molecule has 0 radical (unpaired) electrons. The largest absolute Gasteiger partial charge is 0.469 e. The summed E-state index contributed by atoms with van der Waals surface area (Å²) in [6, 6.07) is 0. The fraction of sp³-hybridized carbons (Fsp3) is 0.783. The molecule has 0 aromatic heterocycles. The molecule has 160 valence electrons. The van der Waals surface area contributed by atoms with E-state index >= 15 is 0 Å². The van der Waals surface area contributed by atoms with E-state index in [4.69, 9.17) is 9.47 Å². The predicted octanol–water partition coefficient (Wildman–Crippen LogP) is 4.54. The molecule has 2 aliphatic rings. The zero-order chi connectivity index (χ0) is 20.2. The van der Waals surface area contributed by atoms with Gasteiger partial charge in [0.05, 0.1) is 26.4 Å². The van der Waals surface area contributed by atoms with Gasteiger partial charge in [-0.05, 0) is 38.0 Å². The van der Waals surface area contributed by atoms with Crippen molar-refractivity contribution in [3.8, 4) is 0 Å². The standard InChI is InChI=1S/C23H38O5/c1-3-4-7-10-20(24)14-13-19-15-16-23(27-17-18-28-23)21(19)11-8-5-6-9-12-22(25)26-2/h5,8,13-14,19-21,24H,3-4,6-7,9-12,15-18H2,1-2H3/b8-5-,14-13+/t19-,20-,21+/m0/s1. The van der Waals surface area contributed by atoms with Gasteiger partial charge in [0.25, 0.3) is 0 Å². The zero-order valence-corrected chi connectivity index (χ0v) is 17.6. The number of carbonyl (C=O) groups is 1. The van der Waals surface area contributed by atoms with Crippen LogP contribution < -0.4 is 0 Å². The summed E-state index contributed by atoms with van der Waals surface area (Å²) in [5.74, 6) is 0.0154. The van der Waals surface area contributed by atoms with Gasteiger partial charge in [0.2, 0.25) is 0 Å². The van der Waals surface area contributed by atoms with Gasteiger partial charge in [0, 0.05) is 18.8 Å². The second-order valence-corrected chi connectivity index (χ2v) is 7.94. The van der Waals surface area contributed by atoms with Gasteiger partial charge in [0.15, 0.2) is 5.79 Å². The van der Waals surface area contributed by atoms with Crippen LogP contribution >= 0.6 is 0 Å². The molecule has 28 heavy (non-hydrogen) atoms. The second kappa shape index (κ2) is 12.4. The lowest BCUT2D eigenvalue weighted by Crippen LogP contribution is -2.36. The highest BCUT2D eigenvalue weighted by Gasteiger charge is 2.51. The van der Waals surface area contributed by atoms with E-state index in [2.05, 4.69) is 29.9 Å². The molecule has 0 amide bonds. The molecule has 0 aromatic rings. The lowest BCUT2D eigenvalue weighted by molar-refractivity contribution is -0.183. The Bertz CT molecular complexity index is 507. The molecule has 1 saturated heterocycles. The lowest BCUT2D eigenvalue weighted by Gasteiger charge is -2.30. The minimum Gasteiger partial charge on any atom is -0.469 e. The van der Waals surface area contributed by atoms with Crippen molar-refractivity contribution in [2.75, 3.05) is 20.3 Å². The van der Waals surface area contributed by atoms with Crippen LogP contribution in [0.15, 0.2) is 24.3 Å². The molecule has 1 N–H and O–H groups in total. The molecule has 5 nitrogen and oxygen atoms in total. The number of hydrogen-bond acceptors (Lipinski definition) is 5. The third kappa shape index (κ3) is 7.02. The average molecular weight is 395 g/mol. The third-order valence-electron chi connectivity index (χ3n) is 5.90. The van der Waals surface area contributed by atoms with E-state index in [1.807, 2.05) is 6.08 Å². The molecule has 1 aliphatic heterocycles. The molecule has 3 atom stereocenters. The Morgan fingerprint density at radius 2 is 2.04 bits per heavy atom. The summed E-state index contributed by atoms with van der Waals surface area (Å²) in [5, 5.41) is 10.2. The molecule has 1 heterocycles. The van der Waals surface area contributed by atoms with Gasteiger partial charge in [0.1, 0.15) is 0 Å². The Hall–Kier alpha value is -1.17. The molecular formula is C23H38O5. The summed E-state index contributed by atoms with van der Waals surface area (Å²) < 4.78 is 16.8. The van der Waals surface area contributed by atoms with Crippen LogP contribution in [0.1, 0.15) is 71.1 Å². The molecule has 2 rings (SSSR count). The molecule has 0 aromatic carbocycles. The first-order valence-corrected chi connectivity index (χ1v) is 11.0. The van der Waals surface area contributed by atoms with Crippen molar-refractivity contribution in [3.63, 3.8) is 0 Å². The van der Waals surface area contributed by atoms with Crippen molar-refractivity contribution >= 4 is 5.97 Å². The van der Waals surface area contributed by atoms with Crippen molar-refractivity contribution < 1.29 is 24.1 Å². The topological polar surface area (TPSA) is 65.0 Å². The van der Waals surface area contributed by atoms with Gasteiger partial charge >= 0.3 is 5.97 Å². The van der Waals surface area contributed by atoms with Crippen molar-refractivity contribution in [1.29, 1.82) is 0 Å². The molecule has 5 heteroatoms. The van der Waals surface area contributed by atoms with Crippen LogP contribution in [0.2, 0.25) is 0 Å². The number of aliphatic hydroxyl groups excluding tert-OH is 1. The van der Waals surface area contributed by atoms with E-state index in [-0.39, 0.29) is 18.0 Å². The van der Waals surface area contributed by atoms with Crippen LogP contribution in [0.25, 0.3) is 0 Å². The van der Waals surface area contributed by atoms with Gasteiger partial charge < -0.3 is 19.3 Å². The van der Waals surface area contributed by atoms with Crippen molar-refractivity contribution in [3.05, 3.63) is 24.3 Å². The number of carbonyl (C=O) groups excluding carboxylic acids is 1. The maximum absolute atomic E-state index is 11.2. The minimum atomic E-state index is -0.460.